The molecule has 0 radical (unpaired) electrons. The number of nitrogens with zero attached hydrogens (tertiary/aromatic N) is 2. The molecule has 26 heavy (non-hydrogen) atoms. The summed E-state index contributed by atoms with van der Waals surface area (Å²) < 4.78 is 0. The average molecular weight is 349 g/mol. The van der Waals surface area contributed by atoms with Crippen LogP contribution in [0.25, 0.3) is 11.1 Å². The van der Waals surface area contributed by atoms with E-state index in [1.54, 1.807) is 18.1 Å². The molecule has 1 aliphatic rings. The molecule has 1 atom stereocenters. The van der Waals surface area contributed by atoms with Crippen LogP contribution in [-0.2, 0) is 4.79 Å². The topological polar surface area (TPSA) is 65.5 Å². The van der Waals surface area contributed by atoms with Crippen LogP contribution in [0.15, 0.2) is 66.2 Å². The van der Waals surface area contributed by atoms with E-state index in [4.69, 9.17) is 0 Å². The fraction of sp³-hybridized carbons (Fsp3) is 0.238. The Kier molecular flexibility index (Phi) is 4.80. The van der Waals surface area contributed by atoms with Crippen LogP contribution in [0.1, 0.15) is 24.2 Å². The van der Waals surface area contributed by atoms with Crippen molar-refractivity contribution in [2.75, 3.05) is 13.6 Å². The lowest BCUT2D eigenvalue weighted by Crippen LogP contribution is -2.30. The highest BCUT2D eigenvalue weighted by atomic mass is 16.3. The zero-order valence-electron chi connectivity index (χ0n) is 15.3. The Hall–Kier alpha value is -3.08. The molecular weight excluding hydrogens is 326 g/mol. The van der Waals surface area contributed by atoms with E-state index in [-0.39, 0.29) is 17.7 Å². The molecule has 0 bridgehead atoms. The van der Waals surface area contributed by atoms with E-state index in [9.17, 15) is 9.90 Å². The molecule has 2 aromatic rings. The maximum atomic E-state index is 12.5. The van der Waals surface area contributed by atoms with Crippen molar-refractivity contribution in [3.8, 4) is 11.1 Å². The van der Waals surface area contributed by atoms with Crippen molar-refractivity contribution in [3.63, 3.8) is 0 Å². The van der Waals surface area contributed by atoms with E-state index >= 15 is 0 Å². The number of likely N-dealkylation sites (N-methyl/N-ethyl adjacent to an activating group) is 1. The number of pyridine rings is 1. The van der Waals surface area contributed by atoms with E-state index in [1.165, 1.54) is 0 Å². The predicted octanol–water partition coefficient (Wildman–Crippen LogP) is 3.51. The Morgan fingerprint density at radius 1 is 1.31 bits per heavy atom. The summed E-state index contributed by atoms with van der Waals surface area (Å²) in [5, 5.41) is 13.0. The summed E-state index contributed by atoms with van der Waals surface area (Å²) >= 11 is 0. The van der Waals surface area contributed by atoms with Gasteiger partial charge in [-0.05, 0) is 48.7 Å². The summed E-state index contributed by atoms with van der Waals surface area (Å²) in [4.78, 5) is 18.5. The number of aliphatic hydroxyl groups excluding tert-OH is 1. The first-order valence-electron chi connectivity index (χ1n) is 8.53. The van der Waals surface area contributed by atoms with Crippen molar-refractivity contribution < 1.29 is 9.90 Å². The third-order valence-corrected chi connectivity index (χ3v) is 4.65. The van der Waals surface area contributed by atoms with E-state index in [0.717, 1.165) is 22.4 Å². The van der Waals surface area contributed by atoms with Crippen LogP contribution < -0.4 is 5.32 Å². The maximum Gasteiger partial charge on any atom is 0.253 e. The molecule has 5 heteroatoms. The number of nitrogens with one attached hydrogen (secondary N) is 1. The van der Waals surface area contributed by atoms with Gasteiger partial charge in [0.2, 0.25) is 0 Å². The van der Waals surface area contributed by atoms with Crippen LogP contribution in [0.5, 0.6) is 0 Å². The van der Waals surface area contributed by atoms with Gasteiger partial charge in [-0.25, -0.2) is 0 Å². The third kappa shape index (κ3) is 3.47. The number of carbonyl (C=O) groups is 1. The molecule has 3 rings (SSSR count). The number of hydrogen-bond donors (Lipinski definition) is 2. The number of hydrogen-bond acceptors (Lipinski definition) is 4. The van der Waals surface area contributed by atoms with Gasteiger partial charge in [0.05, 0.1) is 23.9 Å². The molecule has 2 heterocycles. The fourth-order valence-corrected chi connectivity index (χ4v) is 3.02. The second kappa shape index (κ2) is 7.04. The molecule has 0 aliphatic carbocycles. The Morgan fingerprint density at radius 2 is 2.04 bits per heavy atom. The summed E-state index contributed by atoms with van der Waals surface area (Å²) in [6.45, 7) is 8.02. The highest BCUT2D eigenvalue weighted by Crippen LogP contribution is 2.26. The van der Waals surface area contributed by atoms with Gasteiger partial charge in [-0.1, -0.05) is 24.8 Å². The molecule has 0 spiro atoms. The van der Waals surface area contributed by atoms with Crippen LogP contribution >= 0.6 is 0 Å². The molecule has 0 saturated heterocycles. The predicted molar refractivity (Wildman–Crippen MR) is 102 cm³/mol. The van der Waals surface area contributed by atoms with Gasteiger partial charge >= 0.3 is 0 Å². The summed E-state index contributed by atoms with van der Waals surface area (Å²) in [6, 6.07) is 11.9. The highest BCUT2D eigenvalue weighted by Gasteiger charge is 2.28. The lowest BCUT2D eigenvalue weighted by molar-refractivity contribution is -0.118. The van der Waals surface area contributed by atoms with E-state index < -0.39 is 0 Å². The Labute approximate surface area is 153 Å². The monoisotopic (exact) mass is 349 g/mol. The molecular formula is C21H23N3O2. The minimum Gasteiger partial charge on any atom is -0.505 e. The average Bonchev–Trinajstić information content (AvgIpc) is 2.89. The van der Waals surface area contributed by atoms with Gasteiger partial charge in [-0.2, -0.15) is 0 Å². The fourth-order valence-electron chi connectivity index (χ4n) is 3.02. The number of aromatic nitrogens is 1. The number of rotatable bonds is 4. The maximum absolute atomic E-state index is 12.5. The van der Waals surface area contributed by atoms with E-state index in [2.05, 4.69) is 22.9 Å². The zero-order valence-corrected chi connectivity index (χ0v) is 15.3. The number of amides is 1. The standard InChI is InChI=1S/C21H23N3O2/c1-13-10-18(8-9-22-13)17-7-5-6-16(11-17)14(2)23-21(26)19-12-24(4)15(3)20(19)25/h5-11,14,25H,3,12H2,1-2,4H3,(H,23,26)/t14-/m1/s1. The van der Waals surface area contributed by atoms with Crippen LogP contribution in [-0.4, -0.2) is 34.5 Å². The minimum absolute atomic E-state index is 0.0294. The molecule has 0 saturated carbocycles. The zero-order chi connectivity index (χ0) is 18.8. The van der Waals surface area contributed by atoms with Gasteiger partial charge in [0.25, 0.3) is 5.91 Å². The first-order valence-corrected chi connectivity index (χ1v) is 8.53. The van der Waals surface area contributed by atoms with Gasteiger partial charge in [0, 0.05) is 18.9 Å². The molecule has 134 valence electrons. The normalized spacial score (nSPS) is 15.3. The lowest BCUT2D eigenvalue weighted by atomic mass is 10.00. The minimum atomic E-state index is -0.273. The summed E-state index contributed by atoms with van der Waals surface area (Å²) in [5.74, 6) is -0.302. The molecule has 1 aromatic heterocycles. The number of carbonyl (C=O) groups excluding carboxylic acids is 1. The Balaban J connectivity index is 1.79. The van der Waals surface area contributed by atoms with Crippen molar-refractivity contribution in [2.24, 2.45) is 0 Å². The molecule has 2 N–H and O–H groups in total. The number of aliphatic hydroxyl groups is 1. The van der Waals surface area contributed by atoms with Gasteiger partial charge in [-0.15, -0.1) is 0 Å². The van der Waals surface area contributed by atoms with Crippen molar-refractivity contribution >= 4 is 5.91 Å². The molecule has 5 nitrogen and oxygen atoms in total. The van der Waals surface area contributed by atoms with Gasteiger partial charge in [-0.3, -0.25) is 9.78 Å². The highest BCUT2D eigenvalue weighted by molar-refractivity contribution is 5.96. The van der Waals surface area contributed by atoms with Crippen LogP contribution in [0, 0.1) is 6.92 Å². The third-order valence-electron chi connectivity index (χ3n) is 4.65. The second-order valence-corrected chi connectivity index (χ2v) is 6.64. The lowest BCUT2D eigenvalue weighted by Gasteiger charge is -2.16. The van der Waals surface area contributed by atoms with Crippen molar-refractivity contribution in [1.29, 1.82) is 0 Å². The SMILES string of the molecule is C=C1C(O)=C(C(=O)N[C@H](C)c2cccc(-c3ccnc(C)c3)c2)CN1C. The summed E-state index contributed by atoms with van der Waals surface area (Å²) in [7, 11) is 1.79. The first-order chi connectivity index (χ1) is 12.4. The van der Waals surface area contributed by atoms with Crippen molar-refractivity contribution in [2.45, 2.75) is 19.9 Å². The molecule has 1 amide bonds. The summed E-state index contributed by atoms with van der Waals surface area (Å²) in [6.07, 6.45) is 1.79. The first kappa shape index (κ1) is 17.7. The Bertz CT molecular complexity index is 902. The van der Waals surface area contributed by atoms with E-state index in [0.29, 0.717) is 17.8 Å². The van der Waals surface area contributed by atoms with Crippen LogP contribution in [0.4, 0.5) is 0 Å². The molecule has 1 aromatic carbocycles. The van der Waals surface area contributed by atoms with Crippen molar-refractivity contribution in [3.05, 3.63) is 77.5 Å². The number of aryl methyl sites for hydroxylation is 1. The smallest absolute Gasteiger partial charge is 0.253 e. The van der Waals surface area contributed by atoms with Crippen LogP contribution in [0.3, 0.4) is 0 Å². The molecule has 0 unspecified atom stereocenters. The quantitative estimate of drug-likeness (QED) is 0.887. The van der Waals surface area contributed by atoms with E-state index in [1.807, 2.05) is 44.2 Å². The Morgan fingerprint density at radius 3 is 2.69 bits per heavy atom. The number of benzene rings is 1. The second-order valence-electron chi connectivity index (χ2n) is 6.64. The summed E-state index contributed by atoms with van der Waals surface area (Å²) in [5.41, 5.74) is 4.94. The van der Waals surface area contributed by atoms with Crippen molar-refractivity contribution in [1.82, 2.24) is 15.2 Å². The van der Waals surface area contributed by atoms with Gasteiger partial charge < -0.3 is 15.3 Å². The van der Waals surface area contributed by atoms with Gasteiger partial charge in [0.1, 0.15) is 5.76 Å². The van der Waals surface area contributed by atoms with Crippen LogP contribution in [0.2, 0.25) is 0 Å². The molecule has 0 fully saturated rings. The largest absolute Gasteiger partial charge is 0.505 e. The van der Waals surface area contributed by atoms with Gasteiger partial charge in [0.15, 0.2) is 0 Å². The molecule has 1 aliphatic heterocycles.